The highest BCUT2D eigenvalue weighted by Crippen LogP contribution is 2.23. The lowest BCUT2D eigenvalue weighted by Crippen LogP contribution is -2.26. The first-order valence-corrected chi connectivity index (χ1v) is 8.17. The largest absolute Gasteiger partial charge is 0.358 e. The van der Waals surface area contributed by atoms with Crippen LogP contribution in [-0.4, -0.2) is 44.0 Å². The van der Waals surface area contributed by atoms with Crippen molar-refractivity contribution in [1.82, 2.24) is 9.97 Å². The molecule has 0 unspecified atom stereocenters. The molecule has 0 N–H and O–H groups in total. The first kappa shape index (κ1) is 15.2. The molecule has 18 heavy (non-hydrogen) atoms. The topological polar surface area (TPSA) is 63.2 Å². The Kier molecular flexibility index (Phi) is 5.34. The maximum Gasteiger partial charge on any atom is 0.149 e. The summed E-state index contributed by atoms with van der Waals surface area (Å²) in [5.74, 6) is 0.803. The highest BCUT2D eigenvalue weighted by Gasteiger charge is 2.14. The van der Waals surface area contributed by atoms with Gasteiger partial charge < -0.3 is 4.90 Å². The van der Waals surface area contributed by atoms with Gasteiger partial charge in [-0.15, -0.1) is 0 Å². The summed E-state index contributed by atoms with van der Waals surface area (Å²) in [6.07, 6.45) is 4.33. The molecule has 0 saturated heterocycles. The molecule has 1 rings (SSSR count). The predicted octanol–water partition coefficient (Wildman–Crippen LogP) is 1.56. The van der Waals surface area contributed by atoms with Crippen molar-refractivity contribution in [3.8, 4) is 0 Å². The fourth-order valence-electron chi connectivity index (χ4n) is 1.58. The molecule has 5 nitrogen and oxygen atoms in total. The standard InChI is InChI=1S/C11H18ClN3O2S/c1-4-5-9-10(12)13-8-14-11(9)15(2)6-7-18(3,16)17/h8H,4-7H2,1-3H3. The number of hydrogen-bond donors (Lipinski definition) is 0. The third-order valence-corrected chi connectivity index (χ3v) is 3.78. The molecular weight excluding hydrogens is 274 g/mol. The fraction of sp³-hybridized carbons (Fsp3) is 0.636. The van der Waals surface area contributed by atoms with Gasteiger partial charge in [-0.2, -0.15) is 0 Å². The summed E-state index contributed by atoms with van der Waals surface area (Å²) in [6, 6.07) is 0. The molecule has 102 valence electrons. The van der Waals surface area contributed by atoms with Crippen LogP contribution in [0.2, 0.25) is 5.15 Å². The van der Waals surface area contributed by atoms with E-state index in [1.165, 1.54) is 12.6 Å². The Labute approximate surface area is 113 Å². The van der Waals surface area contributed by atoms with E-state index in [1.807, 2.05) is 14.0 Å². The van der Waals surface area contributed by atoms with Crippen molar-refractivity contribution in [2.45, 2.75) is 19.8 Å². The third-order valence-electron chi connectivity index (χ3n) is 2.53. The van der Waals surface area contributed by atoms with E-state index in [9.17, 15) is 8.42 Å². The van der Waals surface area contributed by atoms with Crippen molar-refractivity contribution in [2.75, 3.05) is 30.5 Å². The molecule has 0 atom stereocenters. The number of hydrogen-bond acceptors (Lipinski definition) is 5. The van der Waals surface area contributed by atoms with E-state index in [1.54, 1.807) is 4.90 Å². The molecule has 7 heteroatoms. The van der Waals surface area contributed by atoms with Crippen molar-refractivity contribution < 1.29 is 8.42 Å². The van der Waals surface area contributed by atoms with E-state index < -0.39 is 9.84 Å². The number of sulfone groups is 1. The molecule has 0 amide bonds. The first-order valence-electron chi connectivity index (χ1n) is 5.73. The lowest BCUT2D eigenvalue weighted by molar-refractivity contribution is 0.601. The van der Waals surface area contributed by atoms with Crippen molar-refractivity contribution in [3.05, 3.63) is 17.0 Å². The Hall–Kier alpha value is -0.880. The maximum absolute atomic E-state index is 11.2. The van der Waals surface area contributed by atoms with Crippen LogP contribution in [-0.2, 0) is 16.3 Å². The lowest BCUT2D eigenvalue weighted by atomic mass is 10.2. The van der Waals surface area contributed by atoms with Gasteiger partial charge >= 0.3 is 0 Å². The van der Waals surface area contributed by atoms with Crippen LogP contribution in [0.3, 0.4) is 0 Å². The average molecular weight is 292 g/mol. The minimum Gasteiger partial charge on any atom is -0.358 e. The van der Waals surface area contributed by atoms with Crippen LogP contribution < -0.4 is 4.90 Å². The minimum atomic E-state index is -2.98. The van der Waals surface area contributed by atoms with Gasteiger partial charge in [0.1, 0.15) is 27.1 Å². The second kappa shape index (κ2) is 6.33. The van der Waals surface area contributed by atoms with Crippen molar-refractivity contribution in [3.63, 3.8) is 0 Å². The minimum absolute atomic E-state index is 0.0939. The SMILES string of the molecule is CCCc1c(Cl)ncnc1N(C)CCS(C)(=O)=O. The second-order valence-electron chi connectivity index (χ2n) is 4.27. The van der Waals surface area contributed by atoms with Gasteiger partial charge in [-0.1, -0.05) is 24.9 Å². The Morgan fingerprint density at radius 1 is 1.39 bits per heavy atom. The van der Waals surface area contributed by atoms with Gasteiger partial charge in [0.25, 0.3) is 0 Å². The highest BCUT2D eigenvalue weighted by atomic mass is 35.5. The van der Waals surface area contributed by atoms with Gasteiger partial charge in [0.05, 0.1) is 5.75 Å². The van der Waals surface area contributed by atoms with Crippen LogP contribution in [0.25, 0.3) is 0 Å². The smallest absolute Gasteiger partial charge is 0.149 e. The third kappa shape index (κ3) is 4.42. The van der Waals surface area contributed by atoms with Crippen LogP contribution in [0.1, 0.15) is 18.9 Å². The zero-order chi connectivity index (χ0) is 13.8. The van der Waals surface area contributed by atoms with Crippen molar-refractivity contribution >= 4 is 27.3 Å². The van der Waals surface area contributed by atoms with Gasteiger partial charge in [0, 0.05) is 25.4 Å². The molecule has 0 bridgehead atoms. The number of halogens is 1. The van der Waals surface area contributed by atoms with E-state index in [0.717, 1.165) is 18.4 Å². The second-order valence-corrected chi connectivity index (χ2v) is 6.89. The van der Waals surface area contributed by atoms with Crippen molar-refractivity contribution in [1.29, 1.82) is 0 Å². The van der Waals surface area contributed by atoms with E-state index >= 15 is 0 Å². The summed E-state index contributed by atoms with van der Waals surface area (Å²) >= 11 is 6.05. The number of nitrogens with zero attached hydrogens (tertiary/aromatic N) is 3. The van der Waals surface area contributed by atoms with E-state index in [2.05, 4.69) is 9.97 Å². The lowest BCUT2D eigenvalue weighted by Gasteiger charge is -2.20. The molecule has 1 aromatic heterocycles. The number of aromatic nitrogens is 2. The summed E-state index contributed by atoms with van der Waals surface area (Å²) in [5, 5.41) is 0.438. The van der Waals surface area contributed by atoms with Crippen molar-refractivity contribution in [2.24, 2.45) is 0 Å². The molecule has 0 aliphatic rings. The summed E-state index contributed by atoms with van der Waals surface area (Å²) in [4.78, 5) is 9.96. The molecule has 0 saturated carbocycles. The molecule has 0 aliphatic carbocycles. The van der Waals surface area contributed by atoms with Crippen LogP contribution >= 0.6 is 11.6 Å². The van der Waals surface area contributed by atoms with E-state index in [0.29, 0.717) is 17.5 Å². The quantitative estimate of drug-likeness (QED) is 0.744. The van der Waals surface area contributed by atoms with E-state index in [4.69, 9.17) is 11.6 Å². The predicted molar refractivity (Wildman–Crippen MR) is 74.0 cm³/mol. The summed E-state index contributed by atoms with van der Waals surface area (Å²) in [7, 11) is -1.17. The van der Waals surface area contributed by atoms with Crippen LogP contribution in [0, 0.1) is 0 Å². The summed E-state index contributed by atoms with van der Waals surface area (Å²) < 4.78 is 22.3. The molecule has 0 fully saturated rings. The first-order chi connectivity index (χ1) is 8.35. The molecule has 1 heterocycles. The van der Waals surface area contributed by atoms with Gasteiger partial charge in [0.2, 0.25) is 0 Å². The molecular formula is C11H18ClN3O2S. The van der Waals surface area contributed by atoms with Crippen LogP contribution in [0.5, 0.6) is 0 Å². The van der Waals surface area contributed by atoms with Gasteiger partial charge in [-0.25, -0.2) is 18.4 Å². The van der Waals surface area contributed by atoms with Crippen LogP contribution in [0.15, 0.2) is 6.33 Å². The zero-order valence-electron chi connectivity index (χ0n) is 10.9. The van der Waals surface area contributed by atoms with Gasteiger partial charge in [-0.05, 0) is 6.42 Å². The Bertz CT molecular complexity index is 505. The van der Waals surface area contributed by atoms with E-state index in [-0.39, 0.29) is 5.75 Å². The normalized spacial score (nSPS) is 11.6. The van der Waals surface area contributed by atoms with Gasteiger partial charge in [0.15, 0.2) is 0 Å². The fourth-order valence-corrected chi connectivity index (χ4v) is 2.41. The molecule has 0 radical (unpaired) electrons. The molecule has 0 spiro atoms. The highest BCUT2D eigenvalue weighted by molar-refractivity contribution is 7.90. The summed E-state index contributed by atoms with van der Waals surface area (Å²) in [5.41, 5.74) is 0.873. The number of anilines is 1. The average Bonchev–Trinajstić information content (AvgIpc) is 2.28. The van der Waals surface area contributed by atoms with Crippen LogP contribution in [0.4, 0.5) is 5.82 Å². The Balaban J connectivity index is 2.91. The molecule has 0 aliphatic heterocycles. The molecule has 0 aromatic carbocycles. The maximum atomic E-state index is 11.2. The van der Waals surface area contributed by atoms with Gasteiger partial charge in [-0.3, -0.25) is 0 Å². The number of rotatable bonds is 6. The Morgan fingerprint density at radius 3 is 2.61 bits per heavy atom. The monoisotopic (exact) mass is 291 g/mol. The zero-order valence-corrected chi connectivity index (χ0v) is 12.4. The molecule has 1 aromatic rings. The summed E-state index contributed by atoms with van der Waals surface area (Å²) in [6.45, 7) is 2.44. The Morgan fingerprint density at radius 2 is 2.06 bits per heavy atom.